The monoisotopic (exact) mass is 272 g/mol. The van der Waals surface area contributed by atoms with Gasteiger partial charge in [0.25, 0.3) is 0 Å². The van der Waals surface area contributed by atoms with Crippen molar-refractivity contribution in [3.63, 3.8) is 0 Å². The number of carbonyl (C=O) groups is 3. The van der Waals surface area contributed by atoms with Crippen molar-refractivity contribution in [3.8, 4) is 0 Å². The van der Waals surface area contributed by atoms with Crippen molar-refractivity contribution in [2.24, 2.45) is 5.92 Å². The maximum atomic E-state index is 11.5. The van der Waals surface area contributed by atoms with E-state index in [2.05, 4.69) is 10.6 Å². The Bertz CT molecular complexity index is 341. The number of urea groups is 1. The van der Waals surface area contributed by atoms with Crippen molar-refractivity contribution in [3.05, 3.63) is 0 Å². The lowest BCUT2D eigenvalue weighted by Gasteiger charge is -2.16. The molecule has 1 rings (SSSR count). The summed E-state index contributed by atoms with van der Waals surface area (Å²) in [5.74, 6) is -1.04. The Morgan fingerprint density at radius 3 is 2.58 bits per heavy atom. The molecule has 0 aliphatic heterocycles. The molecule has 1 unspecified atom stereocenters. The van der Waals surface area contributed by atoms with E-state index in [-0.39, 0.29) is 37.3 Å². The Morgan fingerprint density at radius 1 is 1.37 bits per heavy atom. The minimum Gasteiger partial charge on any atom is -0.481 e. The first-order valence-corrected chi connectivity index (χ1v) is 6.44. The van der Waals surface area contributed by atoms with Gasteiger partial charge in [-0.2, -0.15) is 0 Å². The predicted molar refractivity (Wildman–Crippen MR) is 66.5 cm³/mol. The normalized spacial score (nSPS) is 15.4. The molecule has 0 spiro atoms. The third kappa shape index (κ3) is 6.64. The molecule has 1 fully saturated rings. The van der Waals surface area contributed by atoms with Crippen molar-refractivity contribution in [2.45, 2.75) is 38.6 Å². The van der Waals surface area contributed by atoms with Gasteiger partial charge in [0.2, 0.25) is 0 Å². The van der Waals surface area contributed by atoms with Gasteiger partial charge < -0.3 is 20.5 Å². The quantitative estimate of drug-likeness (QED) is 0.558. The molecule has 0 aromatic carbocycles. The molecule has 7 heteroatoms. The van der Waals surface area contributed by atoms with Crippen molar-refractivity contribution < 1.29 is 24.2 Å². The molecule has 7 nitrogen and oxygen atoms in total. The van der Waals surface area contributed by atoms with E-state index in [1.54, 1.807) is 6.92 Å². The second-order valence-electron chi connectivity index (χ2n) is 4.50. The predicted octanol–water partition coefficient (Wildman–Crippen LogP) is 0.492. The van der Waals surface area contributed by atoms with E-state index in [1.165, 1.54) is 0 Å². The molecule has 1 saturated carbocycles. The van der Waals surface area contributed by atoms with Crippen LogP contribution in [0, 0.1) is 5.92 Å². The largest absolute Gasteiger partial charge is 0.481 e. The Labute approximate surface area is 111 Å². The van der Waals surface area contributed by atoms with Gasteiger partial charge in [-0.15, -0.1) is 0 Å². The summed E-state index contributed by atoms with van der Waals surface area (Å²) in [4.78, 5) is 33.2. The molecule has 0 saturated heterocycles. The number of nitrogens with one attached hydrogen (secondary N) is 2. The lowest BCUT2D eigenvalue weighted by molar-refractivity contribution is -0.143. The maximum Gasteiger partial charge on any atom is 0.315 e. The SMILES string of the molecule is CCOC(=O)CCNC(=O)NC(CC(=O)O)C1CC1. The minimum absolute atomic E-state index is 0.0734. The van der Waals surface area contributed by atoms with Gasteiger partial charge in [-0.05, 0) is 25.7 Å². The van der Waals surface area contributed by atoms with E-state index in [4.69, 9.17) is 9.84 Å². The van der Waals surface area contributed by atoms with Crippen molar-refractivity contribution >= 4 is 18.0 Å². The summed E-state index contributed by atoms with van der Waals surface area (Å²) in [6.07, 6.45) is 1.92. The molecule has 2 amide bonds. The van der Waals surface area contributed by atoms with Crippen LogP contribution in [0.5, 0.6) is 0 Å². The van der Waals surface area contributed by atoms with Gasteiger partial charge in [0.05, 0.1) is 19.4 Å². The van der Waals surface area contributed by atoms with E-state index in [0.717, 1.165) is 12.8 Å². The fourth-order valence-electron chi connectivity index (χ4n) is 1.75. The Kier molecular flexibility index (Phi) is 6.11. The smallest absolute Gasteiger partial charge is 0.315 e. The molecule has 108 valence electrons. The second-order valence-corrected chi connectivity index (χ2v) is 4.50. The van der Waals surface area contributed by atoms with Gasteiger partial charge in [0.15, 0.2) is 0 Å². The summed E-state index contributed by atoms with van der Waals surface area (Å²) >= 11 is 0. The van der Waals surface area contributed by atoms with E-state index in [0.29, 0.717) is 6.61 Å². The van der Waals surface area contributed by atoms with Crippen molar-refractivity contribution in [1.82, 2.24) is 10.6 Å². The van der Waals surface area contributed by atoms with Gasteiger partial charge in [-0.3, -0.25) is 9.59 Å². The average molecular weight is 272 g/mol. The summed E-state index contributed by atoms with van der Waals surface area (Å²) in [6, 6.07) is -0.775. The van der Waals surface area contributed by atoms with Crippen LogP contribution in [0.25, 0.3) is 0 Å². The Balaban J connectivity index is 2.21. The molecule has 1 aliphatic rings. The lowest BCUT2D eigenvalue weighted by Crippen LogP contribution is -2.44. The fraction of sp³-hybridized carbons (Fsp3) is 0.750. The lowest BCUT2D eigenvalue weighted by atomic mass is 10.1. The summed E-state index contributed by atoms with van der Waals surface area (Å²) in [5.41, 5.74) is 0. The van der Waals surface area contributed by atoms with Gasteiger partial charge in [0.1, 0.15) is 0 Å². The standard InChI is InChI=1S/C12H20N2O5/c1-2-19-11(17)5-6-13-12(18)14-9(7-10(15)16)8-3-4-8/h8-9H,2-7H2,1H3,(H,15,16)(H2,13,14,18). The average Bonchev–Trinajstić information content (AvgIpc) is 3.11. The topological polar surface area (TPSA) is 105 Å². The number of aliphatic carboxylic acids is 1. The first kappa shape index (κ1) is 15.3. The number of hydrogen-bond donors (Lipinski definition) is 3. The van der Waals surface area contributed by atoms with E-state index in [1.807, 2.05) is 0 Å². The summed E-state index contributed by atoms with van der Waals surface area (Å²) in [6.45, 7) is 2.20. The van der Waals surface area contributed by atoms with Crippen LogP contribution in [0.1, 0.15) is 32.6 Å². The Hall–Kier alpha value is -1.79. The maximum absolute atomic E-state index is 11.5. The molecule has 1 atom stereocenters. The first-order chi connectivity index (χ1) is 9.02. The molecule has 0 heterocycles. The molecule has 3 N–H and O–H groups in total. The summed E-state index contributed by atoms with van der Waals surface area (Å²) in [5, 5.41) is 13.9. The van der Waals surface area contributed by atoms with Crippen LogP contribution in [0.15, 0.2) is 0 Å². The number of amides is 2. The Morgan fingerprint density at radius 2 is 2.05 bits per heavy atom. The zero-order chi connectivity index (χ0) is 14.3. The van der Waals surface area contributed by atoms with Gasteiger partial charge >= 0.3 is 18.0 Å². The number of carbonyl (C=O) groups excluding carboxylic acids is 2. The zero-order valence-corrected chi connectivity index (χ0v) is 11.0. The molecular weight excluding hydrogens is 252 g/mol. The van der Waals surface area contributed by atoms with Crippen LogP contribution in [0.2, 0.25) is 0 Å². The van der Waals surface area contributed by atoms with Crippen molar-refractivity contribution in [1.29, 1.82) is 0 Å². The van der Waals surface area contributed by atoms with Crippen LogP contribution in [0.3, 0.4) is 0 Å². The zero-order valence-electron chi connectivity index (χ0n) is 11.0. The number of ether oxygens (including phenoxy) is 1. The van der Waals surface area contributed by atoms with Gasteiger partial charge in [-0.1, -0.05) is 0 Å². The van der Waals surface area contributed by atoms with E-state index < -0.39 is 12.0 Å². The fourth-order valence-corrected chi connectivity index (χ4v) is 1.75. The number of rotatable bonds is 8. The van der Waals surface area contributed by atoms with E-state index in [9.17, 15) is 14.4 Å². The highest BCUT2D eigenvalue weighted by Crippen LogP contribution is 2.33. The third-order valence-corrected chi connectivity index (χ3v) is 2.82. The first-order valence-electron chi connectivity index (χ1n) is 6.44. The molecule has 0 aromatic rings. The molecule has 1 aliphatic carbocycles. The molecule has 0 aromatic heterocycles. The molecular formula is C12H20N2O5. The number of carboxylic acid groups (broad SMARTS) is 1. The minimum atomic E-state index is -0.927. The van der Waals surface area contributed by atoms with Gasteiger partial charge in [-0.25, -0.2) is 4.79 Å². The molecule has 0 radical (unpaired) electrons. The van der Waals surface area contributed by atoms with Gasteiger partial charge in [0, 0.05) is 12.6 Å². The molecule has 0 bridgehead atoms. The molecule has 19 heavy (non-hydrogen) atoms. The van der Waals surface area contributed by atoms with Crippen LogP contribution >= 0.6 is 0 Å². The summed E-state index contributed by atoms with van der Waals surface area (Å²) < 4.78 is 4.72. The van der Waals surface area contributed by atoms with Crippen molar-refractivity contribution in [2.75, 3.05) is 13.2 Å². The van der Waals surface area contributed by atoms with Crippen LogP contribution in [-0.4, -0.2) is 42.3 Å². The highest BCUT2D eigenvalue weighted by atomic mass is 16.5. The number of hydrogen-bond acceptors (Lipinski definition) is 4. The highest BCUT2D eigenvalue weighted by molar-refractivity contribution is 5.76. The van der Waals surface area contributed by atoms with Crippen LogP contribution in [0.4, 0.5) is 4.79 Å². The highest BCUT2D eigenvalue weighted by Gasteiger charge is 2.33. The number of carboxylic acids is 1. The van der Waals surface area contributed by atoms with Crippen LogP contribution < -0.4 is 10.6 Å². The summed E-state index contributed by atoms with van der Waals surface area (Å²) in [7, 11) is 0. The third-order valence-electron chi connectivity index (χ3n) is 2.82. The number of esters is 1. The second kappa shape index (κ2) is 7.60. The van der Waals surface area contributed by atoms with Crippen LogP contribution in [-0.2, 0) is 14.3 Å². The van der Waals surface area contributed by atoms with E-state index >= 15 is 0 Å².